The topological polar surface area (TPSA) is 76.1 Å². The first-order valence-electron chi connectivity index (χ1n) is 6.54. The maximum Gasteiger partial charge on any atom is 0.221 e. The van der Waals surface area contributed by atoms with Crippen LogP contribution in [0.15, 0.2) is 40.7 Å². The van der Waals surface area contributed by atoms with Crippen LogP contribution in [0.5, 0.6) is 0 Å². The van der Waals surface area contributed by atoms with E-state index in [2.05, 4.69) is 10.3 Å². The Morgan fingerprint density at radius 3 is 2.64 bits per heavy atom. The van der Waals surface area contributed by atoms with Crippen molar-refractivity contribution in [2.45, 2.75) is 30.0 Å². The quantitative estimate of drug-likeness (QED) is 0.816. The summed E-state index contributed by atoms with van der Waals surface area (Å²) in [5.74, 6) is -0.874. The summed E-state index contributed by atoms with van der Waals surface area (Å²) in [4.78, 5) is 15.9. The Morgan fingerprint density at radius 1 is 1.36 bits per heavy atom. The summed E-state index contributed by atoms with van der Waals surface area (Å²) in [6.07, 6.45) is 1.47. The van der Waals surface area contributed by atoms with Crippen LogP contribution in [0.2, 0.25) is 0 Å². The van der Waals surface area contributed by atoms with Crippen LogP contribution in [0.3, 0.4) is 0 Å². The summed E-state index contributed by atoms with van der Waals surface area (Å²) in [7, 11) is -3.66. The largest absolute Gasteiger partial charge is 0.350 e. The number of nitrogens with zero attached hydrogens (tertiary/aromatic N) is 1. The summed E-state index contributed by atoms with van der Waals surface area (Å²) < 4.78 is 37.5. The molecule has 2 aromatic rings. The molecule has 0 saturated heterocycles. The highest BCUT2D eigenvalue weighted by Gasteiger charge is 2.25. The molecule has 5 nitrogen and oxygen atoms in total. The van der Waals surface area contributed by atoms with Crippen molar-refractivity contribution in [3.63, 3.8) is 0 Å². The Kier molecular flexibility index (Phi) is 5.25. The first-order chi connectivity index (χ1) is 10.4. The molecule has 1 heterocycles. The molecule has 0 aliphatic carbocycles. The average Bonchev–Trinajstić information content (AvgIpc) is 2.99. The molecule has 1 amide bonds. The fraction of sp³-hybridized carbons (Fsp3) is 0.286. The van der Waals surface area contributed by atoms with E-state index in [1.807, 2.05) is 0 Å². The number of halogens is 1. The molecule has 1 atom stereocenters. The Hall–Kier alpha value is -1.80. The molecular weight excluding hydrogens is 327 g/mol. The Labute approximate surface area is 132 Å². The van der Waals surface area contributed by atoms with Gasteiger partial charge in [-0.25, -0.2) is 17.8 Å². The number of sulfone groups is 1. The third-order valence-electron chi connectivity index (χ3n) is 3.06. The second kappa shape index (κ2) is 6.97. The van der Waals surface area contributed by atoms with E-state index in [-0.39, 0.29) is 23.8 Å². The van der Waals surface area contributed by atoms with Crippen molar-refractivity contribution in [3.8, 4) is 0 Å². The second-order valence-electron chi connectivity index (χ2n) is 4.72. The lowest BCUT2D eigenvalue weighted by molar-refractivity contribution is -0.121. The normalized spacial score (nSPS) is 12.8. The fourth-order valence-corrected chi connectivity index (χ4v) is 3.72. The van der Waals surface area contributed by atoms with E-state index in [9.17, 15) is 17.6 Å². The zero-order valence-corrected chi connectivity index (χ0v) is 13.5. The molecule has 118 valence electrons. The minimum Gasteiger partial charge on any atom is -0.350 e. The van der Waals surface area contributed by atoms with Gasteiger partial charge in [0.05, 0.1) is 16.7 Å². The number of amides is 1. The summed E-state index contributed by atoms with van der Waals surface area (Å²) in [6, 6.07) is 4.58. The first-order valence-corrected chi connectivity index (χ1v) is 8.96. The van der Waals surface area contributed by atoms with E-state index in [1.54, 1.807) is 11.6 Å². The molecule has 2 rings (SSSR count). The van der Waals surface area contributed by atoms with Gasteiger partial charge < -0.3 is 5.32 Å². The second-order valence-corrected chi connectivity index (χ2v) is 8.06. The van der Waals surface area contributed by atoms with E-state index >= 15 is 0 Å². The molecule has 1 aromatic carbocycles. The van der Waals surface area contributed by atoms with Crippen LogP contribution in [-0.4, -0.2) is 24.6 Å². The summed E-state index contributed by atoms with van der Waals surface area (Å²) in [5.41, 5.74) is 0. The van der Waals surface area contributed by atoms with Gasteiger partial charge in [-0.3, -0.25) is 4.79 Å². The molecule has 8 heteroatoms. The SMILES string of the molecule is C[C@@H](CC(=O)NCc1nccs1)S(=O)(=O)c1ccc(F)cc1. The third-order valence-corrected chi connectivity index (χ3v) is 6.00. The van der Waals surface area contributed by atoms with Crippen LogP contribution < -0.4 is 5.32 Å². The highest BCUT2D eigenvalue weighted by atomic mass is 32.2. The predicted molar refractivity (Wildman–Crippen MR) is 81.6 cm³/mol. The van der Waals surface area contributed by atoms with Gasteiger partial charge in [-0.15, -0.1) is 11.3 Å². The monoisotopic (exact) mass is 342 g/mol. The van der Waals surface area contributed by atoms with Gasteiger partial charge in [-0.05, 0) is 31.2 Å². The van der Waals surface area contributed by atoms with Gasteiger partial charge in [0, 0.05) is 18.0 Å². The number of carbonyl (C=O) groups excluding carboxylic acids is 1. The number of aromatic nitrogens is 1. The van der Waals surface area contributed by atoms with E-state index < -0.39 is 20.9 Å². The van der Waals surface area contributed by atoms with Crippen molar-refractivity contribution in [2.75, 3.05) is 0 Å². The smallest absolute Gasteiger partial charge is 0.221 e. The molecule has 22 heavy (non-hydrogen) atoms. The Balaban J connectivity index is 1.96. The van der Waals surface area contributed by atoms with Crippen LogP contribution in [0.4, 0.5) is 4.39 Å². The van der Waals surface area contributed by atoms with Crippen LogP contribution >= 0.6 is 11.3 Å². The molecule has 1 aromatic heterocycles. The van der Waals surface area contributed by atoms with Gasteiger partial charge in [-0.2, -0.15) is 0 Å². The molecular formula is C14H15FN2O3S2. The molecule has 0 bridgehead atoms. The van der Waals surface area contributed by atoms with E-state index in [1.165, 1.54) is 30.4 Å². The van der Waals surface area contributed by atoms with E-state index in [0.717, 1.165) is 17.1 Å². The van der Waals surface area contributed by atoms with Crippen LogP contribution in [0.25, 0.3) is 0 Å². The molecule has 0 saturated carbocycles. The maximum atomic E-state index is 12.9. The number of hydrogen-bond donors (Lipinski definition) is 1. The molecule has 0 radical (unpaired) electrons. The van der Waals surface area contributed by atoms with Crippen molar-refractivity contribution >= 4 is 27.1 Å². The maximum absolute atomic E-state index is 12.9. The number of nitrogens with one attached hydrogen (secondary N) is 1. The number of thiazole rings is 1. The van der Waals surface area contributed by atoms with E-state index in [0.29, 0.717) is 0 Å². The van der Waals surface area contributed by atoms with Crippen molar-refractivity contribution in [2.24, 2.45) is 0 Å². The van der Waals surface area contributed by atoms with Gasteiger partial charge in [-0.1, -0.05) is 0 Å². The third kappa shape index (κ3) is 4.11. The van der Waals surface area contributed by atoms with Crippen LogP contribution in [-0.2, 0) is 21.2 Å². The average molecular weight is 342 g/mol. The van der Waals surface area contributed by atoms with Gasteiger partial charge in [0.15, 0.2) is 9.84 Å². The van der Waals surface area contributed by atoms with Gasteiger partial charge in [0.25, 0.3) is 0 Å². The predicted octanol–water partition coefficient (Wildman–Crippen LogP) is 2.15. The van der Waals surface area contributed by atoms with Crippen LogP contribution in [0.1, 0.15) is 18.4 Å². The van der Waals surface area contributed by atoms with Gasteiger partial charge >= 0.3 is 0 Å². The lowest BCUT2D eigenvalue weighted by atomic mass is 10.3. The number of carbonyl (C=O) groups is 1. The molecule has 1 N–H and O–H groups in total. The zero-order valence-electron chi connectivity index (χ0n) is 11.8. The lowest BCUT2D eigenvalue weighted by Crippen LogP contribution is -2.29. The van der Waals surface area contributed by atoms with Crippen LogP contribution in [0, 0.1) is 5.82 Å². The zero-order chi connectivity index (χ0) is 16.2. The lowest BCUT2D eigenvalue weighted by Gasteiger charge is -2.12. The Morgan fingerprint density at radius 2 is 2.05 bits per heavy atom. The van der Waals surface area contributed by atoms with Crippen molar-refractivity contribution < 1.29 is 17.6 Å². The number of benzene rings is 1. The van der Waals surface area contributed by atoms with Gasteiger partial charge in [0.2, 0.25) is 5.91 Å². The van der Waals surface area contributed by atoms with Crippen molar-refractivity contribution in [1.82, 2.24) is 10.3 Å². The highest BCUT2D eigenvalue weighted by Crippen LogP contribution is 2.18. The fourth-order valence-electron chi connectivity index (χ4n) is 1.81. The van der Waals surface area contributed by atoms with Gasteiger partial charge in [0.1, 0.15) is 10.8 Å². The molecule has 0 spiro atoms. The summed E-state index contributed by atoms with van der Waals surface area (Å²) >= 11 is 1.41. The first kappa shape index (κ1) is 16.6. The molecule has 0 aliphatic heterocycles. The minimum atomic E-state index is -3.66. The molecule has 0 unspecified atom stereocenters. The number of hydrogen-bond acceptors (Lipinski definition) is 5. The summed E-state index contributed by atoms with van der Waals surface area (Å²) in [5, 5.41) is 4.29. The summed E-state index contributed by atoms with van der Waals surface area (Å²) in [6.45, 7) is 1.74. The van der Waals surface area contributed by atoms with Crippen molar-refractivity contribution in [1.29, 1.82) is 0 Å². The molecule has 0 fully saturated rings. The Bertz CT molecular complexity index is 728. The van der Waals surface area contributed by atoms with E-state index in [4.69, 9.17) is 0 Å². The number of rotatable bonds is 6. The standard InChI is InChI=1S/C14H15FN2O3S2/c1-10(8-13(18)17-9-14-16-6-7-21-14)22(19,20)12-4-2-11(15)3-5-12/h2-7,10H,8-9H2,1H3,(H,17,18)/t10-/m0/s1. The molecule has 0 aliphatic rings. The minimum absolute atomic E-state index is 0.00845. The van der Waals surface area contributed by atoms with Crippen molar-refractivity contribution in [3.05, 3.63) is 46.7 Å². The highest BCUT2D eigenvalue weighted by molar-refractivity contribution is 7.92.